The molecule has 1 aromatic carbocycles. The lowest BCUT2D eigenvalue weighted by atomic mass is 10.3. The highest BCUT2D eigenvalue weighted by molar-refractivity contribution is 9.10. The van der Waals surface area contributed by atoms with Crippen LogP contribution in [0.3, 0.4) is 0 Å². The van der Waals surface area contributed by atoms with Gasteiger partial charge in [0.15, 0.2) is 0 Å². The van der Waals surface area contributed by atoms with Crippen LogP contribution in [0.5, 0.6) is 0 Å². The Morgan fingerprint density at radius 1 is 1.43 bits per heavy atom. The lowest BCUT2D eigenvalue weighted by molar-refractivity contribution is 0.872. The van der Waals surface area contributed by atoms with E-state index in [2.05, 4.69) is 20.9 Å². The van der Waals surface area contributed by atoms with Crippen molar-refractivity contribution in [2.24, 2.45) is 7.05 Å². The minimum absolute atomic E-state index is 0.0457. The molecule has 0 bridgehead atoms. The van der Waals surface area contributed by atoms with E-state index in [1.807, 2.05) is 18.2 Å². The van der Waals surface area contributed by atoms with Crippen molar-refractivity contribution in [3.05, 3.63) is 38.7 Å². The second kappa shape index (κ2) is 3.20. The molecule has 2 rings (SSSR count). The van der Waals surface area contributed by atoms with E-state index in [-0.39, 0.29) is 5.56 Å². The van der Waals surface area contributed by atoms with Crippen LogP contribution in [-0.2, 0) is 7.05 Å². The van der Waals surface area contributed by atoms with E-state index < -0.39 is 0 Å². The molecule has 0 spiro atoms. The van der Waals surface area contributed by atoms with Gasteiger partial charge in [0.2, 0.25) is 0 Å². The van der Waals surface area contributed by atoms with Gasteiger partial charge in [-0.05, 0) is 25.1 Å². The fraction of sp³-hybridized carbons (Fsp3) is 0.200. The number of nitrogens with zero attached hydrogens (tertiary/aromatic N) is 2. The van der Waals surface area contributed by atoms with E-state index in [4.69, 9.17) is 0 Å². The first-order valence-corrected chi connectivity index (χ1v) is 5.02. The monoisotopic (exact) mass is 252 g/mol. The van der Waals surface area contributed by atoms with Crippen LogP contribution in [0.25, 0.3) is 11.0 Å². The normalized spacial score (nSPS) is 10.8. The molecule has 1 heterocycles. The largest absolute Gasteiger partial charge is 0.308 e. The maximum atomic E-state index is 11.6. The summed E-state index contributed by atoms with van der Waals surface area (Å²) >= 11 is 3.37. The quantitative estimate of drug-likeness (QED) is 0.719. The highest BCUT2D eigenvalue weighted by atomic mass is 79.9. The summed E-state index contributed by atoms with van der Waals surface area (Å²) in [4.78, 5) is 15.8. The highest BCUT2D eigenvalue weighted by Gasteiger charge is 2.04. The van der Waals surface area contributed by atoms with Crippen LogP contribution in [0.1, 0.15) is 5.69 Å². The second-order valence-electron chi connectivity index (χ2n) is 3.19. The number of hydrogen-bond donors (Lipinski definition) is 0. The molecule has 72 valence electrons. The van der Waals surface area contributed by atoms with E-state index >= 15 is 0 Å². The standard InChI is InChI=1S/C10H9BrN2O/c1-6-10(14)13(2)9-5-7(11)3-4-8(9)12-6/h3-5H,1-2H3. The van der Waals surface area contributed by atoms with Crippen LogP contribution in [0, 0.1) is 6.92 Å². The van der Waals surface area contributed by atoms with Gasteiger partial charge in [-0.25, -0.2) is 4.98 Å². The van der Waals surface area contributed by atoms with Crippen molar-refractivity contribution in [2.75, 3.05) is 0 Å². The molecule has 1 aromatic heterocycles. The number of aryl methyl sites for hydroxylation is 2. The molecule has 0 aliphatic rings. The lowest BCUT2D eigenvalue weighted by Gasteiger charge is -2.05. The minimum Gasteiger partial charge on any atom is -0.308 e. The Balaban J connectivity index is 2.99. The molecule has 4 heteroatoms. The van der Waals surface area contributed by atoms with E-state index in [1.165, 1.54) is 0 Å². The fourth-order valence-electron chi connectivity index (χ4n) is 1.44. The topological polar surface area (TPSA) is 34.9 Å². The zero-order chi connectivity index (χ0) is 10.3. The van der Waals surface area contributed by atoms with Gasteiger partial charge in [-0.1, -0.05) is 15.9 Å². The summed E-state index contributed by atoms with van der Waals surface area (Å²) in [6.45, 7) is 1.73. The third kappa shape index (κ3) is 1.35. The summed E-state index contributed by atoms with van der Waals surface area (Å²) < 4.78 is 2.56. The number of benzene rings is 1. The Morgan fingerprint density at radius 3 is 2.86 bits per heavy atom. The van der Waals surface area contributed by atoms with Crippen molar-refractivity contribution >= 4 is 27.0 Å². The van der Waals surface area contributed by atoms with Gasteiger partial charge in [0.25, 0.3) is 5.56 Å². The predicted molar refractivity (Wildman–Crippen MR) is 59.4 cm³/mol. The third-order valence-electron chi connectivity index (χ3n) is 2.20. The number of hydrogen-bond acceptors (Lipinski definition) is 2. The molecular weight excluding hydrogens is 244 g/mol. The van der Waals surface area contributed by atoms with Crippen LogP contribution in [0.4, 0.5) is 0 Å². The molecule has 3 nitrogen and oxygen atoms in total. The van der Waals surface area contributed by atoms with Crippen molar-refractivity contribution in [3.8, 4) is 0 Å². The van der Waals surface area contributed by atoms with Crippen LogP contribution >= 0.6 is 15.9 Å². The number of rotatable bonds is 0. The van der Waals surface area contributed by atoms with Crippen LogP contribution in [0.15, 0.2) is 27.5 Å². The lowest BCUT2D eigenvalue weighted by Crippen LogP contribution is -2.20. The van der Waals surface area contributed by atoms with Crippen LogP contribution in [0.2, 0.25) is 0 Å². The van der Waals surface area contributed by atoms with Gasteiger partial charge in [-0.2, -0.15) is 0 Å². The smallest absolute Gasteiger partial charge is 0.272 e. The SMILES string of the molecule is Cc1nc2ccc(Br)cc2n(C)c1=O. The van der Waals surface area contributed by atoms with Gasteiger partial charge in [-0.3, -0.25) is 4.79 Å². The average molecular weight is 253 g/mol. The molecule has 14 heavy (non-hydrogen) atoms. The van der Waals surface area contributed by atoms with Crippen molar-refractivity contribution in [2.45, 2.75) is 6.92 Å². The van der Waals surface area contributed by atoms with E-state index in [0.717, 1.165) is 15.5 Å². The fourth-order valence-corrected chi connectivity index (χ4v) is 1.79. The van der Waals surface area contributed by atoms with Gasteiger partial charge in [0.1, 0.15) is 5.69 Å². The third-order valence-corrected chi connectivity index (χ3v) is 2.69. The van der Waals surface area contributed by atoms with Gasteiger partial charge in [0.05, 0.1) is 11.0 Å². The van der Waals surface area contributed by atoms with E-state index in [9.17, 15) is 4.79 Å². The second-order valence-corrected chi connectivity index (χ2v) is 4.11. The van der Waals surface area contributed by atoms with Crippen molar-refractivity contribution in [1.29, 1.82) is 0 Å². The van der Waals surface area contributed by atoms with Crippen molar-refractivity contribution in [3.63, 3.8) is 0 Å². The van der Waals surface area contributed by atoms with Gasteiger partial charge < -0.3 is 4.57 Å². The molecule has 0 fully saturated rings. The zero-order valence-electron chi connectivity index (χ0n) is 7.91. The number of fused-ring (bicyclic) bond motifs is 1. The summed E-state index contributed by atoms with van der Waals surface area (Å²) in [5, 5.41) is 0. The first-order valence-electron chi connectivity index (χ1n) is 4.22. The van der Waals surface area contributed by atoms with Gasteiger partial charge >= 0.3 is 0 Å². The summed E-state index contributed by atoms with van der Waals surface area (Å²) in [5.74, 6) is 0. The summed E-state index contributed by atoms with van der Waals surface area (Å²) in [6.07, 6.45) is 0. The summed E-state index contributed by atoms with van der Waals surface area (Å²) in [5.41, 5.74) is 2.17. The average Bonchev–Trinajstić information content (AvgIpc) is 2.16. The first kappa shape index (κ1) is 9.40. The molecule has 0 saturated carbocycles. The molecule has 0 atom stereocenters. The van der Waals surface area contributed by atoms with E-state index in [0.29, 0.717) is 5.69 Å². The number of halogens is 1. The molecule has 2 aromatic rings. The van der Waals surface area contributed by atoms with Gasteiger partial charge in [-0.15, -0.1) is 0 Å². The molecule has 0 N–H and O–H groups in total. The Morgan fingerprint density at radius 2 is 2.14 bits per heavy atom. The predicted octanol–water partition coefficient (Wildman–Crippen LogP) is 2.00. The maximum Gasteiger partial charge on any atom is 0.272 e. The zero-order valence-corrected chi connectivity index (χ0v) is 9.50. The molecule has 0 saturated heterocycles. The van der Waals surface area contributed by atoms with Crippen LogP contribution < -0.4 is 5.56 Å². The maximum absolute atomic E-state index is 11.6. The summed E-state index contributed by atoms with van der Waals surface area (Å²) in [6, 6.07) is 5.70. The van der Waals surface area contributed by atoms with Crippen LogP contribution in [-0.4, -0.2) is 9.55 Å². The van der Waals surface area contributed by atoms with Gasteiger partial charge in [0, 0.05) is 11.5 Å². The Kier molecular flexibility index (Phi) is 2.15. The number of aromatic nitrogens is 2. The minimum atomic E-state index is -0.0457. The van der Waals surface area contributed by atoms with E-state index in [1.54, 1.807) is 18.5 Å². The molecule has 0 amide bonds. The summed E-state index contributed by atoms with van der Waals surface area (Å²) in [7, 11) is 1.76. The Hall–Kier alpha value is -1.16. The molecule has 0 unspecified atom stereocenters. The highest BCUT2D eigenvalue weighted by Crippen LogP contribution is 2.16. The van der Waals surface area contributed by atoms with Crippen molar-refractivity contribution < 1.29 is 0 Å². The molecule has 0 radical (unpaired) electrons. The Bertz CT molecular complexity index is 560. The van der Waals surface area contributed by atoms with Crippen molar-refractivity contribution in [1.82, 2.24) is 9.55 Å². The first-order chi connectivity index (χ1) is 6.59. The molecular formula is C10H9BrN2O. The molecule has 0 aliphatic carbocycles. The Labute approximate surface area is 89.5 Å². The molecule has 0 aliphatic heterocycles.